The summed E-state index contributed by atoms with van der Waals surface area (Å²) < 4.78 is 5.20. The first-order valence-corrected chi connectivity index (χ1v) is 11.3. The Morgan fingerprint density at radius 3 is 2.12 bits per heavy atom. The Hall–Kier alpha value is -3.02. The molecule has 172 valence electrons. The molecule has 5 nitrogen and oxygen atoms in total. The second-order valence-corrected chi connectivity index (χ2v) is 8.38. The number of rotatable bonds is 9. The first-order chi connectivity index (χ1) is 15.9. The molecule has 7 heteroatoms. The van der Waals surface area contributed by atoms with Crippen LogP contribution in [0.3, 0.4) is 0 Å². The number of amides is 2. The van der Waals surface area contributed by atoms with Crippen molar-refractivity contribution in [3.8, 4) is 5.75 Å². The molecule has 3 aromatic rings. The SMILES string of the molecule is CNC(=O)[C@H](Cc1ccccc1)N(Cc1c(Cl)cccc1Cl)C(=O)Cc1ccc(OC)cc1. The van der Waals surface area contributed by atoms with Crippen LogP contribution in [-0.4, -0.2) is 36.9 Å². The molecule has 33 heavy (non-hydrogen) atoms. The monoisotopic (exact) mass is 484 g/mol. The molecule has 0 unspecified atom stereocenters. The molecule has 1 atom stereocenters. The molecule has 0 bridgehead atoms. The largest absolute Gasteiger partial charge is 0.497 e. The highest BCUT2D eigenvalue weighted by Gasteiger charge is 2.30. The molecule has 3 rings (SSSR count). The van der Waals surface area contributed by atoms with E-state index in [1.54, 1.807) is 49.4 Å². The zero-order valence-electron chi connectivity index (χ0n) is 18.6. The minimum Gasteiger partial charge on any atom is -0.497 e. The summed E-state index contributed by atoms with van der Waals surface area (Å²) in [4.78, 5) is 28.1. The molecule has 1 N–H and O–H groups in total. The van der Waals surface area contributed by atoms with Crippen LogP contribution in [0, 0.1) is 0 Å². The highest BCUT2D eigenvalue weighted by Crippen LogP contribution is 2.27. The number of likely N-dealkylation sites (N-methyl/N-ethyl adjacent to an activating group) is 1. The predicted molar refractivity (Wildman–Crippen MR) is 132 cm³/mol. The van der Waals surface area contributed by atoms with Gasteiger partial charge in [-0.15, -0.1) is 0 Å². The van der Waals surface area contributed by atoms with E-state index in [-0.39, 0.29) is 24.8 Å². The van der Waals surface area contributed by atoms with Gasteiger partial charge in [0.25, 0.3) is 0 Å². The minimum absolute atomic E-state index is 0.110. The first kappa shape index (κ1) is 24.6. The summed E-state index contributed by atoms with van der Waals surface area (Å²) in [6.07, 6.45) is 0.477. The fourth-order valence-electron chi connectivity index (χ4n) is 3.59. The number of hydrogen-bond acceptors (Lipinski definition) is 3. The van der Waals surface area contributed by atoms with Crippen molar-refractivity contribution in [2.24, 2.45) is 0 Å². The van der Waals surface area contributed by atoms with Crippen LogP contribution in [0.2, 0.25) is 10.0 Å². The van der Waals surface area contributed by atoms with E-state index in [2.05, 4.69) is 5.32 Å². The van der Waals surface area contributed by atoms with Gasteiger partial charge in [0.2, 0.25) is 11.8 Å². The van der Waals surface area contributed by atoms with Gasteiger partial charge in [-0.05, 0) is 35.4 Å². The lowest BCUT2D eigenvalue weighted by Gasteiger charge is -2.32. The van der Waals surface area contributed by atoms with E-state index in [0.717, 1.165) is 11.1 Å². The Labute approximate surface area is 204 Å². The highest BCUT2D eigenvalue weighted by molar-refractivity contribution is 6.36. The summed E-state index contributed by atoms with van der Waals surface area (Å²) in [6, 6.07) is 21.3. The van der Waals surface area contributed by atoms with Gasteiger partial charge < -0.3 is 15.0 Å². The molecule has 0 radical (unpaired) electrons. The van der Waals surface area contributed by atoms with Crippen molar-refractivity contribution in [1.29, 1.82) is 0 Å². The van der Waals surface area contributed by atoms with Crippen LogP contribution in [0.4, 0.5) is 0 Å². The van der Waals surface area contributed by atoms with E-state index < -0.39 is 6.04 Å². The Balaban J connectivity index is 1.97. The summed E-state index contributed by atoms with van der Waals surface area (Å²) in [5.41, 5.74) is 2.36. The lowest BCUT2D eigenvalue weighted by molar-refractivity contribution is -0.140. The summed E-state index contributed by atoms with van der Waals surface area (Å²) in [7, 11) is 3.15. The zero-order valence-corrected chi connectivity index (χ0v) is 20.1. The fourth-order valence-corrected chi connectivity index (χ4v) is 4.11. The number of carbonyl (C=O) groups is 2. The lowest BCUT2D eigenvalue weighted by atomic mass is 10.0. The summed E-state index contributed by atoms with van der Waals surface area (Å²) in [5.74, 6) is 0.240. The van der Waals surface area contributed by atoms with Crippen molar-refractivity contribution >= 4 is 35.0 Å². The summed E-state index contributed by atoms with van der Waals surface area (Å²) >= 11 is 12.8. The van der Waals surface area contributed by atoms with Crippen molar-refractivity contribution < 1.29 is 14.3 Å². The predicted octanol–water partition coefficient (Wildman–Crippen LogP) is 4.93. The van der Waals surface area contributed by atoms with Crippen LogP contribution in [0.25, 0.3) is 0 Å². The van der Waals surface area contributed by atoms with E-state index in [4.69, 9.17) is 27.9 Å². The molecule has 0 aromatic heterocycles. The topological polar surface area (TPSA) is 58.6 Å². The molecule has 0 heterocycles. The average Bonchev–Trinajstić information content (AvgIpc) is 2.83. The molecule has 2 amide bonds. The quantitative estimate of drug-likeness (QED) is 0.468. The highest BCUT2D eigenvalue weighted by atomic mass is 35.5. The van der Waals surface area contributed by atoms with Crippen molar-refractivity contribution in [2.45, 2.75) is 25.4 Å². The third kappa shape index (κ3) is 6.50. The molecule has 3 aromatic carbocycles. The number of methoxy groups -OCH3 is 1. The number of ether oxygens (including phenoxy) is 1. The maximum Gasteiger partial charge on any atom is 0.242 e. The van der Waals surface area contributed by atoms with Gasteiger partial charge in [0, 0.05) is 35.6 Å². The van der Waals surface area contributed by atoms with Crippen LogP contribution in [0.1, 0.15) is 16.7 Å². The first-order valence-electron chi connectivity index (χ1n) is 10.5. The summed E-state index contributed by atoms with van der Waals surface area (Å²) in [5, 5.41) is 3.59. The summed E-state index contributed by atoms with van der Waals surface area (Å²) in [6.45, 7) is 0.110. The smallest absolute Gasteiger partial charge is 0.242 e. The van der Waals surface area contributed by atoms with Gasteiger partial charge in [0.1, 0.15) is 11.8 Å². The Morgan fingerprint density at radius 1 is 0.909 bits per heavy atom. The van der Waals surface area contributed by atoms with Crippen LogP contribution in [0.5, 0.6) is 5.75 Å². The van der Waals surface area contributed by atoms with Crippen molar-refractivity contribution in [2.75, 3.05) is 14.2 Å². The molecule has 0 aliphatic carbocycles. The normalized spacial score (nSPS) is 11.5. The van der Waals surface area contributed by atoms with Gasteiger partial charge >= 0.3 is 0 Å². The molecule has 0 saturated carbocycles. The molecule has 0 saturated heterocycles. The number of nitrogens with zero attached hydrogens (tertiary/aromatic N) is 1. The maximum atomic E-state index is 13.6. The van der Waals surface area contributed by atoms with Gasteiger partial charge in [-0.3, -0.25) is 9.59 Å². The number of nitrogens with one attached hydrogen (secondary N) is 1. The van der Waals surface area contributed by atoms with E-state index >= 15 is 0 Å². The van der Waals surface area contributed by atoms with Gasteiger partial charge in [-0.25, -0.2) is 0 Å². The van der Waals surface area contributed by atoms with Crippen molar-refractivity contribution in [1.82, 2.24) is 10.2 Å². The molecule has 0 spiro atoms. The minimum atomic E-state index is -0.740. The average molecular weight is 485 g/mol. The molecule has 0 aliphatic heterocycles. The van der Waals surface area contributed by atoms with Gasteiger partial charge in [0.05, 0.1) is 13.5 Å². The third-order valence-corrected chi connectivity index (χ3v) is 6.13. The van der Waals surface area contributed by atoms with E-state index in [1.165, 1.54) is 0 Å². The lowest BCUT2D eigenvalue weighted by Crippen LogP contribution is -2.50. The number of hydrogen-bond donors (Lipinski definition) is 1. The van der Waals surface area contributed by atoms with E-state index in [9.17, 15) is 9.59 Å². The number of carbonyl (C=O) groups excluding carboxylic acids is 2. The Kier molecular flexibility index (Phi) is 8.75. The van der Waals surface area contributed by atoms with Gasteiger partial charge in [0.15, 0.2) is 0 Å². The second kappa shape index (κ2) is 11.7. The standard InChI is InChI=1S/C26H26Cl2N2O3/c1-29-26(32)24(15-18-7-4-3-5-8-18)30(17-21-22(27)9-6-10-23(21)28)25(31)16-19-11-13-20(33-2)14-12-19/h3-14,24H,15-17H2,1-2H3,(H,29,32)/t24-/m0/s1. The Bertz CT molecular complexity index is 1070. The van der Waals surface area contributed by atoms with Gasteiger partial charge in [-0.2, -0.15) is 0 Å². The maximum absolute atomic E-state index is 13.6. The van der Waals surface area contributed by atoms with Crippen LogP contribution < -0.4 is 10.1 Å². The van der Waals surface area contributed by atoms with Gasteiger partial charge in [-0.1, -0.05) is 71.7 Å². The molecule has 0 aliphatic rings. The number of benzene rings is 3. The van der Waals surface area contributed by atoms with E-state index in [1.807, 2.05) is 42.5 Å². The van der Waals surface area contributed by atoms with Crippen LogP contribution >= 0.6 is 23.2 Å². The molecule has 0 fully saturated rings. The van der Waals surface area contributed by atoms with E-state index in [0.29, 0.717) is 27.8 Å². The van der Waals surface area contributed by atoms with Crippen LogP contribution in [0.15, 0.2) is 72.8 Å². The number of halogens is 2. The zero-order chi connectivity index (χ0) is 23.8. The third-order valence-electron chi connectivity index (χ3n) is 5.42. The van der Waals surface area contributed by atoms with Crippen molar-refractivity contribution in [3.63, 3.8) is 0 Å². The molecular formula is C26H26Cl2N2O3. The molecular weight excluding hydrogens is 459 g/mol. The second-order valence-electron chi connectivity index (χ2n) is 7.57. The van der Waals surface area contributed by atoms with Crippen LogP contribution in [-0.2, 0) is 29.0 Å². The fraction of sp³-hybridized carbons (Fsp3) is 0.231. The Morgan fingerprint density at radius 2 is 1.55 bits per heavy atom. The van der Waals surface area contributed by atoms with Crippen molar-refractivity contribution in [3.05, 3.63) is 99.5 Å².